The topological polar surface area (TPSA) is 120 Å². The largest absolute Gasteiger partial charge is 0.493 e. The van der Waals surface area contributed by atoms with Gasteiger partial charge in [-0.15, -0.1) is 0 Å². The Balaban J connectivity index is 1.98. The van der Waals surface area contributed by atoms with Crippen molar-refractivity contribution in [3.05, 3.63) is 69.6 Å². The van der Waals surface area contributed by atoms with E-state index in [0.29, 0.717) is 56.3 Å². The van der Waals surface area contributed by atoms with Crippen molar-refractivity contribution in [2.24, 2.45) is 10.2 Å². The Hall–Kier alpha value is -3.64. The van der Waals surface area contributed by atoms with E-state index >= 15 is 0 Å². The predicted octanol–water partition coefficient (Wildman–Crippen LogP) is 3.96. The second-order valence-corrected chi connectivity index (χ2v) is 8.37. The van der Waals surface area contributed by atoms with Crippen molar-refractivity contribution in [3.63, 3.8) is 0 Å². The highest BCUT2D eigenvalue weighted by Crippen LogP contribution is 2.37. The lowest BCUT2D eigenvalue weighted by molar-refractivity contribution is -0.139. The minimum atomic E-state index is -1.01. The Labute approximate surface area is 225 Å². The number of ether oxygens (including phenoxy) is 4. The van der Waals surface area contributed by atoms with Gasteiger partial charge in [0, 0.05) is 0 Å². The molecule has 0 aliphatic carbocycles. The number of hydrazone groups is 2. The molecule has 0 saturated carbocycles. The van der Waals surface area contributed by atoms with E-state index in [0.717, 1.165) is 0 Å². The van der Waals surface area contributed by atoms with Crippen LogP contribution in [0.4, 0.5) is 0 Å². The molecule has 36 heavy (non-hydrogen) atoms. The Morgan fingerprint density at radius 2 is 1.19 bits per heavy atom. The summed E-state index contributed by atoms with van der Waals surface area (Å²) in [5.74, 6) is -0.109. The zero-order valence-corrected chi connectivity index (χ0v) is 22.7. The van der Waals surface area contributed by atoms with Gasteiger partial charge in [-0.3, -0.25) is 9.59 Å². The molecule has 2 aromatic rings. The molecule has 10 nitrogen and oxygen atoms in total. The highest BCUT2D eigenvalue weighted by atomic mass is 79.9. The molecule has 0 unspecified atom stereocenters. The predicted molar refractivity (Wildman–Crippen MR) is 144 cm³/mol. The van der Waals surface area contributed by atoms with Crippen molar-refractivity contribution < 1.29 is 28.5 Å². The molecule has 2 N–H and O–H groups in total. The number of hydrogen-bond donors (Lipinski definition) is 2. The highest BCUT2D eigenvalue weighted by molar-refractivity contribution is 9.11. The van der Waals surface area contributed by atoms with Crippen LogP contribution < -0.4 is 29.8 Å². The third-order valence-electron chi connectivity index (χ3n) is 4.16. The number of nitrogens with zero attached hydrogens (tertiary/aromatic N) is 2. The molecule has 0 heterocycles. The van der Waals surface area contributed by atoms with Crippen LogP contribution in [0.15, 0.2) is 68.7 Å². The smallest absolute Gasteiger partial charge is 0.331 e. The monoisotopic (exact) mass is 622 g/mol. The summed E-state index contributed by atoms with van der Waals surface area (Å²) in [6, 6.07) is 6.73. The fraction of sp³-hybridized carbons (Fsp3) is 0.167. The molecule has 0 aromatic heterocycles. The van der Waals surface area contributed by atoms with E-state index < -0.39 is 11.8 Å². The van der Waals surface area contributed by atoms with Crippen LogP contribution in [-0.2, 0) is 9.59 Å². The maximum atomic E-state index is 12.0. The summed E-state index contributed by atoms with van der Waals surface area (Å²) in [5, 5.41) is 7.58. The standard InChI is InChI=1S/C24H24Br2N4O6/c1-5-7-35-21-17(25)9-15(11-19(21)33-3)13-27-29-23(31)24(32)30-28-14-16-10-18(26)22(36-8-6-2)20(12-16)34-4/h5-6,9-14H,1-2,7-8H2,3-4H3,(H,29,31)(H,30,32). The summed E-state index contributed by atoms with van der Waals surface area (Å²) in [6.45, 7) is 7.82. The summed E-state index contributed by atoms with van der Waals surface area (Å²) in [4.78, 5) is 24.0. The first-order valence-electron chi connectivity index (χ1n) is 10.2. The lowest BCUT2D eigenvalue weighted by atomic mass is 10.2. The number of amides is 2. The van der Waals surface area contributed by atoms with Crippen molar-refractivity contribution in [1.82, 2.24) is 10.9 Å². The Morgan fingerprint density at radius 3 is 1.53 bits per heavy atom. The lowest BCUT2D eigenvalue weighted by Crippen LogP contribution is -2.35. The fourth-order valence-corrected chi connectivity index (χ4v) is 3.77. The first-order chi connectivity index (χ1) is 17.3. The Kier molecular flexibility index (Phi) is 11.7. The molecule has 0 atom stereocenters. The van der Waals surface area contributed by atoms with Crippen LogP contribution in [0.5, 0.6) is 23.0 Å². The molecular weight excluding hydrogens is 600 g/mol. The molecule has 2 rings (SSSR count). The number of halogens is 2. The van der Waals surface area contributed by atoms with Gasteiger partial charge in [-0.2, -0.15) is 10.2 Å². The van der Waals surface area contributed by atoms with Gasteiger partial charge in [-0.25, -0.2) is 10.9 Å². The molecule has 190 valence electrons. The number of carbonyl (C=O) groups is 2. The average Bonchev–Trinajstić information content (AvgIpc) is 2.86. The molecule has 0 aliphatic heterocycles. The number of rotatable bonds is 12. The Bertz CT molecular complexity index is 1090. The molecule has 2 amide bonds. The van der Waals surface area contributed by atoms with Gasteiger partial charge >= 0.3 is 11.8 Å². The summed E-state index contributed by atoms with van der Waals surface area (Å²) in [7, 11) is 2.99. The summed E-state index contributed by atoms with van der Waals surface area (Å²) >= 11 is 6.80. The maximum Gasteiger partial charge on any atom is 0.331 e. The Morgan fingerprint density at radius 1 is 0.806 bits per heavy atom. The number of benzene rings is 2. The van der Waals surface area contributed by atoms with Crippen molar-refractivity contribution >= 4 is 56.1 Å². The SMILES string of the molecule is C=CCOc1c(Br)cc(C=NNC(=O)C(=O)NN=Cc2cc(Br)c(OCC=C)c(OC)c2)cc1OC. The summed E-state index contributed by atoms with van der Waals surface area (Å²) in [5.41, 5.74) is 5.44. The van der Waals surface area contributed by atoms with Gasteiger partial charge < -0.3 is 18.9 Å². The lowest BCUT2D eigenvalue weighted by Gasteiger charge is -2.12. The first-order valence-corrected chi connectivity index (χ1v) is 11.8. The first kappa shape index (κ1) is 28.6. The third-order valence-corrected chi connectivity index (χ3v) is 5.34. The second-order valence-electron chi connectivity index (χ2n) is 6.67. The number of nitrogens with one attached hydrogen (secondary N) is 2. The van der Waals surface area contributed by atoms with E-state index in [1.165, 1.54) is 26.6 Å². The van der Waals surface area contributed by atoms with E-state index in [-0.39, 0.29) is 0 Å². The highest BCUT2D eigenvalue weighted by Gasteiger charge is 2.14. The summed E-state index contributed by atoms with van der Waals surface area (Å²) < 4.78 is 23.0. The number of methoxy groups -OCH3 is 2. The van der Waals surface area contributed by atoms with Gasteiger partial charge in [0.1, 0.15) is 13.2 Å². The van der Waals surface area contributed by atoms with Gasteiger partial charge in [-0.05, 0) is 67.3 Å². The van der Waals surface area contributed by atoms with Crippen LogP contribution in [0.2, 0.25) is 0 Å². The van der Waals surface area contributed by atoms with Gasteiger partial charge in [-0.1, -0.05) is 25.3 Å². The minimum absolute atomic E-state index is 0.302. The molecule has 0 radical (unpaired) electrons. The van der Waals surface area contributed by atoms with E-state index in [2.05, 4.69) is 66.1 Å². The fourth-order valence-electron chi connectivity index (χ4n) is 2.63. The van der Waals surface area contributed by atoms with Crippen molar-refractivity contribution in [1.29, 1.82) is 0 Å². The minimum Gasteiger partial charge on any atom is -0.493 e. The summed E-state index contributed by atoms with van der Waals surface area (Å²) in [6.07, 6.45) is 5.91. The molecule has 0 spiro atoms. The normalized spacial score (nSPS) is 10.7. The molecular formula is C24H24Br2N4O6. The number of carbonyl (C=O) groups excluding carboxylic acids is 2. The number of hydrogen-bond acceptors (Lipinski definition) is 8. The van der Waals surface area contributed by atoms with Crippen LogP contribution in [0.25, 0.3) is 0 Å². The van der Waals surface area contributed by atoms with Crippen LogP contribution in [0.1, 0.15) is 11.1 Å². The zero-order valence-electron chi connectivity index (χ0n) is 19.5. The van der Waals surface area contributed by atoms with Crippen molar-refractivity contribution in [3.8, 4) is 23.0 Å². The van der Waals surface area contributed by atoms with Crippen molar-refractivity contribution in [2.45, 2.75) is 0 Å². The quantitative estimate of drug-likeness (QED) is 0.160. The van der Waals surface area contributed by atoms with Crippen LogP contribution >= 0.6 is 31.9 Å². The van der Waals surface area contributed by atoms with Gasteiger partial charge in [0.25, 0.3) is 0 Å². The molecule has 2 aromatic carbocycles. The van der Waals surface area contributed by atoms with Gasteiger partial charge in [0.05, 0.1) is 35.6 Å². The molecule has 0 bridgehead atoms. The average molecular weight is 624 g/mol. The van der Waals surface area contributed by atoms with Crippen LogP contribution in [0.3, 0.4) is 0 Å². The van der Waals surface area contributed by atoms with E-state index in [1.54, 1.807) is 36.4 Å². The zero-order chi connectivity index (χ0) is 26.5. The van der Waals surface area contributed by atoms with E-state index in [4.69, 9.17) is 18.9 Å². The molecule has 12 heteroatoms. The maximum absolute atomic E-state index is 12.0. The van der Waals surface area contributed by atoms with Crippen LogP contribution in [0, 0.1) is 0 Å². The molecule has 0 fully saturated rings. The van der Waals surface area contributed by atoms with E-state index in [9.17, 15) is 9.59 Å². The van der Waals surface area contributed by atoms with Crippen LogP contribution in [-0.4, -0.2) is 51.7 Å². The van der Waals surface area contributed by atoms with Crippen molar-refractivity contribution in [2.75, 3.05) is 27.4 Å². The van der Waals surface area contributed by atoms with Gasteiger partial charge in [0.15, 0.2) is 23.0 Å². The van der Waals surface area contributed by atoms with E-state index in [1.807, 2.05) is 0 Å². The third kappa shape index (κ3) is 8.24. The molecule has 0 aliphatic rings. The molecule has 0 saturated heterocycles. The van der Waals surface area contributed by atoms with Gasteiger partial charge in [0.2, 0.25) is 0 Å². The second kappa shape index (κ2) is 14.7.